The number of aromatic nitrogens is 1. The van der Waals surface area contributed by atoms with Crippen molar-refractivity contribution in [3.05, 3.63) is 23.4 Å². The van der Waals surface area contributed by atoms with Crippen LogP contribution in [0.15, 0.2) is 12.1 Å². The molecule has 1 aromatic rings. The standard InChI is InChI=1S/C12H18N2.CH4/c1-12(2,3)10-7-6-9-5-4-8-13-11(9)14-10;/h6-7H,4-5,8H2,1-3H3,(H,13,14);1H4. The maximum absolute atomic E-state index is 4.67. The molecule has 2 nitrogen and oxygen atoms in total. The quantitative estimate of drug-likeness (QED) is 0.704. The minimum atomic E-state index is 0. The fourth-order valence-electron chi connectivity index (χ4n) is 1.75. The highest BCUT2D eigenvalue weighted by Gasteiger charge is 2.18. The molecule has 2 heteroatoms. The van der Waals surface area contributed by atoms with E-state index >= 15 is 0 Å². The van der Waals surface area contributed by atoms with Gasteiger partial charge in [-0.1, -0.05) is 34.3 Å². The van der Waals surface area contributed by atoms with Gasteiger partial charge in [-0.3, -0.25) is 0 Å². The summed E-state index contributed by atoms with van der Waals surface area (Å²) in [4.78, 5) is 4.67. The van der Waals surface area contributed by atoms with Gasteiger partial charge in [0.15, 0.2) is 0 Å². The van der Waals surface area contributed by atoms with Crippen LogP contribution in [0.2, 0.25) is 0 Å². The highest BCUT2D eigenvalue weighted by atomic mass is 15.0. The second-order valence-corrected chi connectivity index (χ2v) is 4.98. The lowest BCUT2D eigenvalue weighted by Crippen LogP contribution is -2.18. The Kier molecular flexibility index (Phi) is 3.38. The van der Waals surface area contributed by atoms with Crippen molar-refractivity contribution in [2.24, 2.45) is 0 Å². The zero-order valence-corrected chi connectivity index (χ0v) is 9.22. The lowest BCUT2D eigenvalue weighted by atomic mass is 9.91. The molecule has 1 aliphatic heterocycles. The molecule has 1 N–H and O–H groups in total. The van der Waals surface area contributed by atoms with E-state index in [0.29, 0.717) is 0 Å². The molecule has 0 fully saturated rings. The Hall–Kier alpha value is -1.05. The minimum Gasteiger partial charge on any atom is -0.370 e. The lowest BCUT2D eigenvalue weighted by Gasteiger charge is -2.22. The normalized spacial score (nSPS) is 14.9. The van der Waals surface area contributed by atoms with Crippen LogP contribution in [0.1, 0.15) is 45.9 Å². The van der Waals surface area contributed by atoms with Crippen LogP contribution in [0.3, 0.4) is 0 Å². The Morgan fingerprint density at radius 2 is 2.00 bits per heavy atom. The van der Waals surface area contributed by atoms with Gasteiger partial charge >= 0.3 is 0 Å². The second kappa shape index (κ2) is 4.21. The van der Waals surface area contributed by atoms with Crippen LogP contribution in [0.4, 0.5) is 5.82 Å². The molecule has 2 rings (SSSR count). The van der Waals surface area contributed by atoms with Crippen molar-refractivity contribution in [2.75, 3.05) is 11.9 Å². The van der Waals surface area contributed by atoms with Gasteiger partial charge in [-0.2, -0.15) is 0 Å². The van der Waals surface area contributed by atoms with Gasteiger partial charge in [0.1, 0.15) is 5.82 Å². The van der Waals surface area contributed by atoms with Crippen LogP contribution in [0.25, 0.3) is 0 Å². The molecule has 0 amide bonds. The van der Waals surface area contributed by atoms with E-state index in [1.807, 2.05) is 0 Å². The molecule has 0 aliphatic carbocycles. The first-order valence-corrected chi connectivity index (χ1v) is 5.32. The smallest absolute Gasteiger partial charge is 0.129 e. The van der Waals surface area contributed by atoms with Gasteiger partial charge in [-0.25, -0.2) is 4.98 Å². The molecule has 1 aromatic heterocycles. The van der Waals surface area contributed by atoms with Crippen LogP contribution in [-0.2, 0) is 11.8 Å². The van der Waals surface area contributed by atoms with Crippen molar-refractivity contribution in [1.29, 1.82) is 0 Å². The molecular formula is C13H22N2. The molecule has 0 radical (unpaired) electrons. The maximum atomic E-state index is 4.67. The summed E-state index contributed by atoms with van der Waals surface area (Å²) in [5.74, 6) is 1.10. The van der Waals surface area contributed by atoms with Gasteiger partial charge in [0.05, 0.1) is 0 Å². The number of rotatable bonds is 0. The first-order chi connectivity index (χ1) is 6.57. The first-order valence-electron chi connectivity index (χ1n) is 5.32. The topological polar surface area (TPSA) is 24.9 Å². The number of hydrogen-bond donors (Lipinski definition) is 1. The highest BCUT2D eigenvalue weighted by Crippen LogP contribution is 2.25. The van der Waals surface area contributed by atoms with Gasteiger partial charge in [0.25, 0.3) is 0 Å². The van der Waals surface area contributed by atoms with E-state index in [1.54, 1.807) is 0 Å². The first kappa shape index (κ1) is 12.0. The van der Waals surface area contributed by atoms with Gasteiger partial charge in [-0.05, 0) is 24.5 Å². The van der Waals surface area contributed by atoms with E-state index in [1.165, 1.54) is 24.1 Å². The summed E-state index contributed by atoms with van der Waals surface area (Å²) in [6.45, 7) is 7.66. The van der Waals surface area contributed by atoms with Gasteiger partial charge in [0, 0.05) is 17.7 Å². The fraction of sp³-hybridized carbons (Fsp3) is 0.615. The van der Waals surface area contributed by atoms with E-state index in [-0.39, 0.29) is 12.8 Å². The van der Waals surface area contributed by atoms with Crippen LogP contribution in [0.5, 0.6) is 0 Å². The number of anilines is 1. The number of nitrogens with zero attached hydrogens (tertiary/aromatic N) is 1. The third kappa shape index (κ3) is 2.49. The predicted octanol–water partition coefficient (Wildman–Crippen LogP) is 3.37. The van der Waals surface area contributed by atoms with E-state index in [2.05, 4.69) is 43.2 Å². The van der Waals surface area contributed by atoms with Crippen LogP contribution in [0, 0.1) is 0 Å². The fourth-order valence-corrected chi connectivity index (χ4v) is 1.75. The zero-order chi connectivity index (χ0) is 10.2. The monoisotopic (exact) mass is 206 g/mol. The Morgan fingerprint density at radius 3 is 2.67 bits per heavy atom. The average Bonchev–Trinajstić information content (AvgIpc) is 2.16. The molecule has 0 bridgehead atoms. The molecule has 0 spiro atoms. The molecule has 0 saturated carbocycles. The van der Waals surface area contributed by atoms with Gasteiger partial charge in [0.2, 0.25) is 0 Å². The Labute approximate surface area is 93.1 Å². The maximum Gasteiger partial charge on any atom is 0.129 e. The summed E-state index contributed by atoms with van der Waals surface area (Å²) in [6.07, 6.45) is 2.39. The molecule has 84 valence electrons. The predicted molar refractivity (Wildman–Crippen MR) is 66.5 cm³/mol. The van der Waals surface area contributed by atoms with Gasteiger partial charge in [-0.15, -0.1) is 0 Å². The van der Waals surface area contributed by atoms with Crippen molar-refractivity contribution >= 4 is 5.82 Å². The number of hydrogen-bond acceptors (Lipinski definition) is 2. The van der Waals surface area contributed by atoms with E-state index in [9.17, 15) is 0 Å². The Bertz CT molecular complexity index is 337. The summed E-state index contributed by atoms with van der Waals surface area (Å²) in [6, 6.07) is 4.38. The Morgan fingerprint density at radius 1 is 1.27 bits per heavy atom. The third-order valence-corrected chi connectivity index (χ3v) is 2.66. The molecule has 15 heavy (non-hydrogen) atoms. The number of nitrogens with one attached hydrogen (secondary N) is 1. The zero-order valence-electron chi connectivity index (χ0n) is 9.22. The van der Waals surface area contributed by atoms with Crippen molar-refractivity contribution in [2.45, 2.75) is 46.5 Å². The van der Waals surface area contributed by atoms with Crippen molar-refractivity contribution < 1.29 is 0 Å². The molecule has 0 saturated heterocycles. The summed E-state index contributed by atoms with van der Waals surface area (Å²) in [7, 11) is 0. The molecule has 2 heterocycles. The van der Waals surface area contributed by atoms with Crippen LogP contribution < -0.4 is 5.32 Å². The summed E-state index contributed by atoms with van der Waals surface area (Å²) in [5, 5.41) is 3.36. The van der Waals surface area contributed by atoms with Crippen molar-refractivity contribution in [1.82, 2.24) is 4.98 Å². The summed E-state index contributed by atoms with van der Waals surface area (Å²) in [5.41, 5.74) is 2.68. The van der Waals surface area contributed by atoms with Crippen molar-refractivity contribution in [3.63, 3.8) is 0 Å². The third-order valence-electron chi connectivity index (χ3n) is 2.66. The van der Waals surface area contributed by atoms with E-state index in [4.69, 9.17) is 0 Å². The van der Waals surface area contributed by atoms with E-state index in [0.717, 1.165) is 12.4 Å². The summed E-state index contributed by atoms with van der Waals surface area (Å²) < 4.78 is 0. The van der Waals surface area contributed by atoms with Crippen LogP contribution in [-0.4, -0.2) is 11.5 Å². The molecule has 0 aromatic carbocycles. The minimum absolute atomic E-state index is 0. The molecule has 0 atom stereocenters. The lowest BCUT2D eigenvalue weighted by molar-refractivity contribution is 0.568. The molecular weight excluding hydrogens is 184 g/mol. The number of pyridine rings is 1. The molecule has 1 aliphatic rings. The SMILES string of the molecule is C.CC(C)(C)c1ccc2c(n1)NCCC2. The number of aryl methyl sites for hydroxylation is 1. The highest BCUT2D eigenvalue weighted by molar-refractivity contribution is 5.47. The molecule has 0 unspecified atom stereocenters. The van der Waals surface area contributed by atoms with Crippen molar-refractivity contribution in [3.8, 4) is 0 Å². The van der Waals surface area contributed by atoms with E-state index < -0.39 is 0 Å². The number of fused-ring (bicyclic) bond motifs is 1. The van der Waals surface area contributed by atoms with Gasteiger partial charge < -0.3 is 5.32 Å². The largest absolute Gasteiger partial charge is 0.370 e. The van der Waals surface area contributed by atoms with Crippen LogP contribution >= 0.6 is 0 Å². The summed E-state index contributed by atoms with van der Waals surface area (Å²) >= 11 is 0. The Balaban J connectivity index is 0.00000112. The average molecular weight is 206 g/mol. The second-order valence-electron chi connectivity index (χ2n) is 4.98.